The number of hydrogen-bond acceptors (Lipinski definition) is 4. The monoisotopic (exact) mass is 355 g/mol. The Labute approximate surface area is 149 Å². The van der Waals surface area contributed by atoms with Crippen LogP contribution in [0.4, 0.5) is 5.69 Å². The molecule has 2 rings (SSSR count). The molecule has 0 bridgehead atoms. The fourth-order valence-corrected chi connectivity index (χ4v) is 3.19. The first-order chi connectivity index (χ1) is 12.0. The number of rotatable bonds is 7. The molecule has 0 N–H and O–H groups in total. The molecule has 2 aromatic rings. The lowest BCUT2D eigenvalue weighted by Crippen LogP contribution is -2.23. The van der Waals surface area contributed by atoms with Crippen molar-refractivity contribution in [3.8, 4) is 6.07 Å². The highest BCUT2D eigenvalue weighted by molar-refractivity contribution is 7.90. The minimum atomic E-state index is -3.70. The summed E-state index contributed by atoms with van der Waals surface area (Å²) in [5, 5.41) is 8.71. The van der Waals surface area contributed by atoms with Crippen LogP contribution in [0.25, 0.3) is 0 Å². The van der Waals surface area contributed by atoms with Gasteiger partial charge in [0.05, 0.1) is 17.4 Å². The van der Waals surface area contributed by atoms with Crippen molar-refractivity contribution in [2.24, 2.45) is 4.40 Å². The lowest BCUT2D eigenvalue weighted by molar-refractivity contribution is 0.598. The second-order valence-corrected chi connectivity index (χ2v) is 7.23. The van der Waals surface area contributed by atoms with Crippen LogP contribution < -0.4 is 4.90 Å². The van der Waals surface area contributed by atoms with Crippen LogP contribution in [0.5, 0.6) is 0 Å². The topological polar surface area (TPSA) is 73.5 Å². The average molecular weight is 355 g/mol. The summed E-state index contributed by atoms with van der Waals surface area (Å²) < 4.78 is 28.2. The lowest BCUT2D eigenvalue weighted by Gasteiger charge is -2.21. The van der Waals surface area contributed by atoms with Crippen LogP contribution in [0.1, 0.15) is 24.5 Å². The van der Waals surface area contributed by atoms with E-state index in [0.717, 1.165) is 17.8 Å². The Balaban J connectivity index is 2.13. The van der Waals surface area contributed by atoms with Crippen LogP contribution in [-0.4, -0.2) is 27.7 Å². The molecular weight excluding hydrogens is 334 g/mol. The van der Waals surface area contributed by atoms with Crippen molar-refractivity contribution >= 4 is 21.9 Å². The van der Waals surface area contributed by atoms with Crippen LogP contribution in [0, 0.1) is 18.3 Å². The first-order valence-corrected chi connectivity index (χ1v) is 9.49. The van der Waals surface area contributed by atoms with Crippen molar-refractivity contribution in [1.82, 2.24) is 0 Å². The van der Waals surface area contributed by atoms with Gasteiger partial charge in [0.25, 0.3) is 10.0 Å². The summed E-state index contributed by atoms with van der Waals surface area (Å²) >= 11 is 0. The second-order valence-electron chi connectivity index (χ2n) is 5.60. The molecule has 2 aromatic carbocycles. The van der Waals surface area contributed by atoms with Gasteiger partial charge in [0.15, 0.2) is 0 Å². The van der Waals surface area contributed by atoms with Crippen molar-refractivity contribution in [3.63, 3.8) is 0 Å². The fourth-order valence-electron chi connectivity index (χ4n) is 2.33. The molecule has 0 amide bonds. The third kappa shape index (κ3) is 5.16. The van der Waals surface area contributed by atoms with Crippen molar-refractivity contribution in [2.45, 2.75) is 25.2 Å². The molecule has 0 fully saturated rings. The van der Waals surface area contributed by atoms with Gasteiger partial charge in [0, 0.05) is 25.0 Å². The van der Waals surface area contributed by atoms with Gasteiger partial charge in [0.2, 0.25) is 0 Å². The zero-order valence-electron chi connectivity index (χ0n) is 14.4. The molecule has 0 aliphatic carbocycles. The number of sulfonamides is 1. The normalized spacial score (nSPS) is 11.4. The molecule has 0 aromatic heterocycles. The molecule has 6 heteroatoms. The molecule has 0 heterocycles. The largest absolute Gasteiger partial charge is 0.371 e. The molecule has 0 radical (unpaired) electrons. The van der Waals surface area contributed by atoms with E-state index in [0.29, 0.717) is 18.5 Å². The first-order valence-electron chi connectivity index (χ1n) is 8.05. The molecule has 0 atom stereocenters. The highest BCUT2D eigenvalue weighted by Crippen LogP contribution is 2.16. The Morgan fingerprint density at radius 3 is 2.32 bits per heavy atom. The van der Waals surface area contributed by atoms with E-state index in [1.54, 1.807) is 24.3 Å². The SMILES string of the molecule is CCN(CCC#N)c1ccc(C=NS(=O)(=O)c2ccc(C)cc2)cc1. The summed E-state index contributed by atoms with van der Waals surface area (Å²) in [6.07, 6.45) is 1.82. The van der Waals surface area contributed by atoms with E-state index >= 15 is 0 Å². The molecule has 0 unspecified atom stereocenters. The number of nitriles is 1. The van der Waals surface area contributed by atoms with Crippen LogP contribution in [-0.2, 0) is 10.0 Å². The predicted octanol–water partition coefficient (Wildman–Crippen LogP) is 3.54. The maximum Gasteiger partial charge on any atom is 0.282 e. The third-order valence-electron chi connectivity index (χ3n) is 3.79. The molecule has 5 nitrogen and oxygen atoms in total. The first kappa shape index (κ1) is 18.7. The number of hydrogen-bond donors (Lipinski definition) is 0. The predicted molar refractivity (Wildman–Crippen MR) is 101 cm³/mol. The average Bonchev–Trinajstić information content (AvgIpc) is 2.62. The van der Waals surface area contributed by atoms with E-state index < -0.39 is 10.0 Å². The zero-order valence-corrected chi connectivity index (χ0v) is 15.2. The highest BCUT2D eigenvalue weighted by Gasteiger charge is 2.11. The Kier molecular flexibility index (Phi) is 6.31. The van der Waals surface area contributed by atoms with Gasteiger partial charge in [-0.1, -0.05) is 29.8 Å². The van der Waals surface area contributed by atoms with E-state index in [1.807, 2.05) is 38.1 Å². The number of aryl methyl sites for hydroxylation is 1. The summed E-state index contributed by atoms with van der Waals surface area (Å²) in [5.74, 6) is 0. The van der Waals surface area contributed by atoms with Crippen molar-refractivity contribution in [1.29, 1.82) is 5.26 Å². The zero-order chi connectivity index (χ0) is 18.3. The van der Waals surface area contributed by atoms with Crippen molar-refractivity contribution in [2.75, 3.05) is 18.0 Å². The summed E-state index contributed by atoms with van der Waals surface area (Å²) in [4.78, 5) is 2.27. The number of benzene rings is 2. The summed E-state index contributed by atoms with van der Waals surface area (Å²) in [6, 6.07) is 16.2. The standard InChI is InChI=1S/C19H21N3O2S/c1-3-22(14-4-13-20)18-9-7-17(8-10-18)15-21-25(23,24)19-11-5-16(2)6-12-19/h5-12,15H,3-4,14H2,1-2H3. The Hall–Kier alpha value is -2.65. The van der Waals surface area contributed by atoms with Gasteiger partial charge in [0.1, 0.15) is 0 Å². The van der Waals surface area contributed by atoms with Crippen molar-refractivity contribution < 1.29 is 8.42 Å². The van der Waals surface area contributed by atoms with Crippen LogP contribution in [0.2, 0.25) is 0 Å². The summed E-state index contributed by atoms with van der Waals surface area (Å²) in [7, 11) is -3.70. The van der Waals surface area contributed by atoms with E-state index in [1.165, 1.54) is 6.21 Å². The summed E-state index contributed by atoms with van der Waals surface area (Å²) in [6.45, 7) is 5.40. The molecule has 0 aliphatic heterocycles. The van der Waals surface area contributed by atoms with Crippen molar-refractivity contribution in [3.05, 3.63) is 59.7 Å². The number of nitrogens with zero attached hydrogens (tertiary/aromatic N) is 3. The Morgan fingerprint density at radius 2 is 1.76 bits per heavy atom. The Bertz CT molecular complexity index is 864. The molecular formula is C19H21N3O2S. The number of anilines is 1. The molecule has 0 aliphatic rings. The molecule has 0 saturated carbocycles. The minimum Gasteiger partial charge on any atom is -0.371 e. The minimum absolute atomic E-state index is 0.180. The maximum atomic E-state index is 12.2. The summed E-state index contributed by atoms with van der Waals surface area (Å²) in [5.41, 5.74) is 2.70. The lowest BCUT2D eigenvalue weighted by atomic mass is 10.2. The molecule has 130 valence electrons. The third-order valence-corrected chi connectivity index (χ3v) is 5.04. The van der Waals surface area contributed by atoms with Gasteiger partial charge in [-0.25, -0.2) is 0 Å². The van der Waals surface area contributed by atoms with Crippen LogP contribution in [0.15, 0.2) is 57.8 Å². The fraction of sp³-hybridized carbons (Fsp3) is 0.263. The van der Waals surface area contributed by atoms with Gasteiger partial charge in [-0.15, -0.1) is 0 Å². The highest BCUT2D eigenvalue weighted by atomic mass is 32.2. The van der Waals surface area contributed by atoms with Crippen LogP contribution >= 0.6 is 0 Å². The van der Waals surface area contributed by atoms with E-state index in [9.17, 15) is 8.42 Å². The second kappa shape index (κ2) is 8.45. The van der Waals surface area contributed by atoms with Gasteiger partial charge < -0.3 is 4.90 Å². The van der Waals surface area contributed by atoms with Gasteiger partial charge in [-0.2, -0.15) is 18.1 Å². The van der Waals surface area contributed by atoms with E-state index in [2.05, 4.69) is 15.4 Å². The molecule has 0 spiro atoms. The van der Waals surface area contributed by atoms with E-state index in [4.69, 9.17) is 5.26 Å². The molecule has 25 heavy (non-hydrogen) atoms. The smallest absolute Gasteiger partial charge is 0.282 e. The van der Waals surface area contributed by atoms with Crippen LogP contribution in [0.3, 0.4) is 0 Å². The van der Waals surface area contributed by atoms with Gasteiger partial charge in [-0.3, -0.25) is 0 Å². The van der Waals surface area contributed by atoms with Gasteiger partial charge >= 0.3 is 0 Å². The maximum absolute atomic E-state index is 12.2. The molecule has 0 saturated heterocycles. The van der Waals surface area contributed by atoms with Gasteiger partial charge in [-0.05, 0) is 43.7 Å². The Morgan fingerprint density at radius 1 is 1.12 bits per heavy atom. The quantitative estimate of drug-likeness (QED) is 0.712. The van der Waals surface area contributed by atoms with E-state index in [-0.39, 0.29) is 4.90 Å².